The second-order valence-corrected chi connectivity index (χ2v) is 6.92. The first-order valence-electron chi connectivity index (χ1n) is 8.87. The zero-order valence-corrected chi connectivity index (χ0v) is 16.7. The highest BCUT2D eigenvalue weighted by Gasteiger charge is 2.18. The van der Waals surface area contributed by atoms with E-state index in [1.54, 1.807) is 30.3 Å². The van der Waals surface area contributed by atoms with Crippen LogP contribution >= 0.6 is 24.0 Å². The number of benzene rings is 2. The third-order valence-electron chi connectivity index (χ3n) is 4.49. The summed E-state index contributed by atoms with van der Waals surface area (Å²) in [5, 5.41) is 8.98. The molecule has 2 amide bonds. The average molecular weight is 426 g/mol. The predicted octanol–water partition coefficient (Wildman–Crippen LogP) is 3.91. The summed E-state index contributed by atoms with van der Waals surface area (Å²) in [7, 11) is 0. The maximum Gasteiger partial charge on any atom is 0.253 e. The number of anilines is 1. The average Bonchev–Trinajstić information content (AvgIpc) is 3.15. The van der Waals surface area contributed by atoms with Gasteiger partial charge in [0.1, 0.15) is 5.82 Å². The molecule has 150 valence electrons. The van der Waals surface area contributed by atoms with E-state index in [-0.39, 0.29) is 47.3 Å². The van der Waals surface area contributed by atoms with Gasteiger partial charge in [0, 0.05) is 30.3 Å². The molecule has 1 aliphatic rings. The van der Waals surface area contributed by atoms with Crippen molar-refractivity contribution in [2.24, 2.45) is 0 Å². The number of hydrogen-bond donors (Lipinski definition) is 3. The van der Waals surface area contributed by atoms with Gasteiger partial charge in [-0.3, -0.25) is 9.59 Å². The molecule has 2 aromatic carbocycles. The van der Waals surface area contributed by atoms with E-state index < -0.39 is 5.91 Å². The summed E-state index contributed by atoms with van der Waals surface area (Å²) >= 11 is 6.12. The van der Waals surface area contributed by atoms with E-state index in [0.717, 1.165) is 19.4 Å². The Hall–Kier alpha value is -2.15. The van der Waals surface area contributed by atoms with Gasteiger partial charge in [0.15, 0.2) is 0 Å². The molecule has 0 spiro atoms. The summed E-state index contributed by atoms with van der Waals surface area (Å²) in [6.07, 6.45) is 2.44. The normalized spacial score (nSPS) is 15.6. The van der Waals surface area contributed by atoms with Crippen molar-refractivity contribution in [1.82, 2.24) is 10.6 Å². The molecule has 8 heteroatoms. The van der Waals surface area contributed by atoms with E-state index in [9.17, 15) is 14.0 Å². The fourth-order valence-corrected chi connectivity index (χ4v) is 3.26. The Morgan fingerprint density at radius 2 is 2.00 bits per heavy atom. The molecule has 0 bridgehead atoms. The molecule has 1 aliphatic heterocycles. The number of halogens is 3. The van der Waals surface area contributed by atoms with Crippen LogP contribution in [0.3, 0.4) is 0 Å². The third kappa shape index (κ3) is 5.92. The largest absolute Gasteiger partial charge is 0.348 e. The molecule has 0 aliphatic carbocycles. The molecule has 3 N–H and O–H groups in total. The standard InChI is InChI=1S/C20H21ClFN3O2.ClH/c21-17-8-7-15(25-19(26)11-14-5-3-9-23-14)10-16(17)20(27)24-12-13-4-1-2-6-18(13)22;/h1-2,4,6-8,10,14,23H,3,5,9,11-12H2,(H,24,27)(H,25,26);1H. The fraction of sp³-hybridized carbons (Fsp3) is 0.300. The first-order chi connectivity index (χ1) is 13.0. The van der Waals surface area contributed by atoms with Gasteiger partial charge in [-0.1, -0.05) is 29.8 Å². The van der Waals surface area contributed by atoms with Crippen molar-refractivity contribution in [2.45, 2.75) is 31.8 Å². The first kappa shape index (κ1) is 22.1. The summed E-state index contributed by atoms with van der Waals surface area (Å²) < 4.78 is 13.7. The van der Waals surface area contributed by atoms with Crippen molar-refractivity contribution < 1.29 is 14.0 Å². The minimum absolute atomic E-state index is 0. The van der Waals surface area contributed by atoms with Gasteiger partial charge in [0.05, 0.1) is 10.6 Å². The summed E-state index contributed by atoms with van der Waals surface area (Å²) in [6, 6.07) is 11.2. The Kier molecular flexibility index (Phi) is 8.23. The van der Waals surface area contributed by atoms with Crippen LogP contribution in [0.1, 0.15) is 35.2 Å². The lowest BCUT2D eigenvalue weighted by atomic mass is 10.1. The molecule has 28 heavy (non-hydrogen) atoms. The Morgan fingerprint density at radius 1 is 1.21 bits per heavy atom. The van der Waals surface area contributed by atoms with E-state index in [0.29, 0.717) is 17.7 Å². The van der Waals surface area contributed by atoms with Gasteiger partial charge in [-0.05, 0) is 43.7 Å². The molecule has 2 aromatic rings. The zero-order chi connectivity index (χ0) is 19.2. The second-order valence-electron chi connectivity index (χ2n) is 6.51. The van der Waals surface area contributed by atoms with Crippen LogP contribution < -0.4 is 16.0 Å². The van der Waals surface area contributed by atoms with Crippen LogP contribution in [-0.4, -0.2) is 24.4 Å². The smallest absolute Gasteiger partial charge is 0.253 e. The van der Waals surface area contributed by atoms with Crippen molar-refractivity contribution in [2.75, 3.05) is 11.9 Å². The molecule has 1 saturated heterocycles. The molecule has 1 unspecified atom stereocenters. The van der Waals surface area contributed by atoms with E-state index in [2.05, 4.69) is 16.0 Å². The molecule has 1 fully saturated rings. The van der Waals surface area contributed by atoms with Crippen LogP contribution in [-0.2, 0) is 11.3 Å². The number of amides is 2. The zero-order valence-electron chi connectivity index (χ0n) is 15.1. The predicted molar refractivity (Wildman–Crippen MR) is 111 cm³/mol. The lowest BCUT2D eigenvalue weighted by Gasteiger charge is -2.12. The molecular formula is C20H22Cl2FN3O2. The number of nitrogens with one attached hydrogen (secondary N) is 3. The van der Waals surface area contributed by atoms with Gasteiger partial charge >= 0.3 is 0 Å². The van der Waals surface area contributed by atoms with Gasteiger partial charge in [0.2, 0.25) is 5.91 Å². The van der Waals surface area contributed by atoms with Gasteiger partial charge < -0.3 is 16.0 Å². The van der Waals surface area contributed by atoms with Crippen LogP contribution in [0, 0.1) is 5.82 Å². The quantitative estimate of drug-likeness (QED) is 0.656. The summed E-state index contributed by atoms with van der Waals surface area (Å²) in [5.74, 6) is -0.934. The lowest BCUT2D eigenvalue weighted by molar-refractivity contribution is -0.116. The van der Waals surface area contributed by atoms with Crippen LogP contribution in [0.25, 0.3) is 0 Å². The SMILES string of the molecule is Cl.O=C(CC1CCCN1)Nc1ccc(Cl)c(C(=O)NCc2ccccc2F)c1. The van der Waals surface area contributed by atoms with E-state index in [1.165, 1.54) is 12.1 Å². The number of carbonyl (C=O) groups is 2. The molecule has 0 radical (unpaired) electrons. The van der Waals surface area contributed by atoms with E-state index in [1.807, 2.05) is 0 Å². The first-order valence-corrected chi connectivity index (χ1v) is 9.25. The van der Waals surface area contributed by atoms with E-state index >= 15 is 0 Å². The lowest BCUT2D eigenvalue weighted by Crippen LogP contribution is -2.27. The Labute approximate surface area is 174 Å². The van der Waals surface area contributed by atoms with E-state index in [4.69, 9.17) is 11.6 Å². The minimum atomic E-state index is -0.434. The Bertz CT molecular complexity index is 842. The van der Waals surface area contributed by atoms with Crippen molar-refractivity contribution >= 4 is 41.5 Å². The molecule has 0 aromatic heterocycles. The topological polar surface area (TPSA) is 70.2 Å². The fourth-order valence-electron chi connectivity index (χ4n) is 3.06. The van der Waals surface area contributed by atoms with Crippen LogP contribution in [0.15, 0.2) is 42.5 Å². The summed E-state index contributed by atoms with van der Waals surface area (Å²) in [5.41, 5.74) is 1.11. The minimum Gasteiger partial charge on any atom is -0.348 e. The molecular weight excluding hydrogens is 404 g/mol. The van der Waals surface area contributed by atoms with Crippen molar-refractivity contribution in [1.29, 1.82) is 0 Å². The monoisotopic (exact) mass is 425 g/mol. The summed E-state index contributed by atoms with van der Waals surface area (Å²) in [6.45, 7) is 0.983. The molecule has 1 heterocycles. The molecule has 3 rings (SSSR count). The maximum atomic E-state index is 13.7. The van der Waals surface area contributed by atoms with Gasteiger partial charge in [-0.25, -0.2) is 4.39 Å². The van der Waals surface area contributed by atoms with Crippen molar-refractivity contribution in [3.8, 4) is 0 Å². The highest BCUT2D eigenvalue weighted by Crippen LogP contribution is 2.21. The molecule has 1 atom stereocenters. The maximum absolute atomic E-state index is 13.7. The Morgan fingerprint density at radius 3 is 2.71 bits per heavy atom. The molecule has 5 nitrogen and oxygen atoms in total. The number of rotatable bonds is 6. The number of hydrogen-bond acceptors (Lipinski definition) is 3. The van der Waals surface area contributed by atoms with Crippen molar-refractivity contribution in [3.05, 3.63) is 64.4 Å². The van der Waals surface area contributed by atoms with Crippen LogP contribution in [0.2, 0.25) is 5.02 Å². The highest BCUT2D eigenvalue weighted by atomic mass is 35.5. The third-order valence-corrected chi connectivity index (χ3v) is 4.82. The van der Waals surface area contributed by atoms with Crippen LogP contribution in [0.4, 0.5) is 10.1 Å². The second kappa shape index (κ2) is 10.4. The van der Waals surface area contributed by atoms with Crippen molar-refractivity contribution in [3.63, 3.8) is 0 Å². The van der Waals surface area contributed by atoms with Gasteiger partial charge in [0.25, 0.3) is 5.91 Å². The van der Waals surface area contributed by atoms with Gasteiger partial charge in [-0.2, -0.15) is 0 Å². The van der Waals surface area contributed by atoms with Gasteiger partial charge in [-0.15, -0.1) is 12.4 Å². The Balaban J connectivity index is 0.00000280. The van der Waals surface area contributed by atoms with Crippen LogP contribution in [0.5, 0.6) is 0 Å². The molecule has 0 saturated carbocycles. The highest BCUT2D eigenvalue weighted by molar-refractivity contribution is 6.34. The number of carbonyl (C=O) groups excluding carboxylic acids is 2. The summed E-state index contributed by atoms with van der Waals surface area (Å²) in [4.78, 5) is 24.6.